The molecular formula is C17H19N3O2S. The molecule has 0 bridgehead atoms. The SMILES string of the molecule is COc1ccc(N2N[C@@](C)(c3cccc(OC)c3)NC2=S)cc1. The fourth-order valence-electron chi connectivity index (χ4n) is 2.56. The Kier molecular flexibility index (Phi) is 4.11. The average Bonchev–Trinajstić information content (AvgIpc) is 2.91. The third-order valence-electron chi connectivity index (χ3n) is 3.87. The van der Waals surface area contributed by atoms with E-state index in [0.29, 0.717) is 5.11 Å². The number of methoxy groups -OCH3 is 2. The van der Waals surface area contributed by atoms with E-state index in [1.54, 1.807) is 14.2 Å². The van der Waals surface area contributed by atoms with Gasteiger partial charge in [0, 0.05) is 0 Å². The van der Waals surface area contributed by atoms with Gasteiger partial charge in [0.25, 0.3) is 0 Å². The molecular weight excluding hydrogens is 310 g/mol. The van der Waals surface area contributed by atoms with Crippen LogP contribution in [0.3, 0.4) is 0 Å². The maximum absolute atomic E-state index is 5.48. The van der Waals surface area contributed by atoms with E-state index >= 15 is 0 Å². The number of hydrazine groups is 1. The highest BCUT2D eigenvalue weighted by Gasteiger charge is 2.38. The Morgan fingerprint density at radius 1 is 1.00 bits per heavy atom. The van der Waals surface area contributed by atoms with Gasteiger partial charge < -0.3 is 14.8 Å². The third-order valence-corrected chi connectivity index (χ3v) is 4.16. The largest absolute Gasteiger partial charge is 0.497 e. The van der Waals surface area contributed by atoms with E-state index in [1.807, 2.05) is 60.5 Å². The first-order valence-electron chi connectivity index (χ1n) is 7.24. The number of benzene rings is 2. The lowest BCUT2D eigenvalue weighted by molar-refractivity contribution is 0.381. The first-order chi connectivity index (χ1) is 11.1. The summed E-state index contributed by atoms with van der Waals surface area (Å²) >= 11 is 5.48. The van der Waals surface area contributed by atoms with Gasteiger partial charge in [-0.3, -0.25) is 0 Å². The highest BCUT2D eigenvalue weighted by atomic mass is 32.1. The quantitative estimate of drug-likeness (QED) is 0.841. The number of rotatable bonds is 4. The summed E-state index contributed by atoms with van der Waals surface area (Å²) in [6, 6.07) is 15.6. The maximum atomic E-state index is 5.48. The normalized spacial score (nSPS) is 20.3. The van der Waals surface area contributed by atoms with Crippen LogP contribution in [0.2, 0.25) is 0 Å². The van der Waals surface area contributed by atoms with Crippen molar-refractivity contribution in [1.29, 1.82) is 0 Å². The second kappa shape index (κ2) is 6.06. The summed E-state index contributed by atoms with van der Waals surface area (Å²) in [7, 11) is 3.31. The Labute approximate surface area is 141 Å². The predicted molar refractivity (Wildman–Crippen MR) is 94.7 cm³/mol. The summed E-state index contributed by atoms with van der Waals surface area (Å²) in [4.78, 5) is 0. The van der Waals surface area contributed by atoms with E-state index in [-0.39, 0.29) is 0 Å². The molecule has 5 nitrogen and oxygen atoms in total. The summed E-state index contributed by atoms with van der Waals surface area (Å²) < 4.78 is 10.5. The molecule has 3 rings (SSSR count). The Hall–Kier alpha value is -2.31. The van der Waals surface area contributed by atoms with Crippen LogP contribution in [-0.2, 0) is 5.66 Å². The van der Waals surface area contributed by atoms with Crippen LogP contribution in [-0.4, -0.2) is 19.3 Å². The van der Waals surface area contributed by atoms with Crippen LogP contribution in [0, 0.1) is 0 Å². The Morgan fingerprint density at radius 2 is 1.70 bits per heavy atom. The van der Waals surface area contributed by atoms with Gasteiger partial charge in [-0.05, 0) is 61.1 Å². The summed E-state index contributed by atoms with van der Waals surface area (Å²) in [5.74, 6) is 1.61. The third kappa shape index (κ3) is 2.95. The van der Waals surface area contributed by atoms with Crippen molar-refractivity contribution in [1.82, 2.24) is 10.7 Å². The molecule has 1 heterocycles. The molecule has 2 aromatic rings. The zero-order valence-electron chi connectivity index (χ0n) is 13.3. The van der Waals surface area contributed by atoms with Gasteiger partial charge in [0.15, 0.2) is 5.11 Å². The molecule has 2 N–H and O–H groups in total. The van der Waals surface area contributed by atoms with Gasteiger partial charge in [0.1, 0.15) is 17.2 Å². The van der Waals surface area contributed by atoms with Crippen LogP contribution in [0.4, 0.5) is 5.69 Å². The molecule has 0 spiro atoms. The minimum atomic E-state index is -0.508. The molecule has 1 aliphatic heterocycles. The van der Waals surface area contributed by atoms with Gasteiger partial charge in [-0.25, -0.2) is 5.01 Å². The number of ether oxygens (including phenoxy) is 2. The van der Waals surface area contributed by atoms with Gasteiger partial charge in [0.05, 0.1) is 19.9 Å². The molecule has 0 unspecified atom stereocenters. The zero-order chi connectivity index (χ0) is 16.4. The fraction of sp³-hybridized carbons (Fsp3) is 0.235. The Balaban J connectivity index is 1.88. The van der Waals surface area contributed by atoms with Gasteiger partial charge in [-0.15, -0.1) is 0 Å². The number of anilines is 1. The van der Waals surface area contributed by atoms with Crippen molar-refractivity contribution in [2.24, 2.45) is 0 Å². The van der Waals surface area contributed by atoms with Crippen molar-refractivity contribution in [2.75, 3.05) is 19.2 Å². The Morgan fingerprint density at radius 3 is 2.35 bits per heavy atom. The second-order valence-electron chi connectivity index (χ2n) is 5.43. The molecule has 0 amide bonds. The number of nitrogens with zero attached hydrogens (tertiary/aromatic N) is 1. The molecule has 1 aliphatic rings. The molecule has 0 radical (unpaired) electrons. The first-order valence-corrected chi connectivity index (χ1v) is 7.65. The van der Waals surface area contributed by atoms with Gasteiger partial charge >= 0.3 is 0 Å². The van der Waals surface area contributed by atoms with Crippen LogP contribution in [0.5, 0.6) is 11.5 Å². The molecule has 0 aliphatic carbocycles. The topological polar surface area (TPSA) is 45.8 Å². The van der Waals surface area contributed by atoms with Gasteiger partial charge in [-0.2, -0.15) is 5.43 Å². The van der Waals surface area contributed by atoms with Crippen molar-refractivity contribution >= 4 is 23.0 Å². The molecule has 6 heteroatoms. The molecule has 1 atom stereocenters. The van der Waals surface area contributed by atoms with Crippen molar-refractivity contribution in [3.8, 4) is 11.5 Å². The molecule has 1 fully saturated rings. The molecule has 1 saturated heterocycles. The first kappa shape index (κ1) is 15.6. The number of hydrogen-bond acceptors (Lipinski definition) is 4. The highest BCUT2D eigenvalue weighted by molar-refractivity contribution is 7.80. The van der Waals surface area contributed by atoms with Crippen LogP contribution in [0.25, 0.3) is 0 Å². The van der Waals surface area contributed by atoms with Crippen LogP contribution < -0.4 is 25.2 Å². The number of thiocarbonyl (C=S) groups is 1. The van der Waals surface area contributed by atoms with Crippen molar-refractivity contribution < 1.29 is 9.47 Å². The minimum absolute atomic E-state index is 0.508. The summed E-state index contributed by atoms with van der Waals surface area (Å²) in [5.41, 5.74) is 4.89. The zero-order valence-corrected chi connectivity index (χ0v) is 14.1. The average molecular weight is 329 g/mol. The van der Waals surface area contributed by atoms with E-state index in [1.165, 1.54) is 0 Å². The lowest BCUT2D eigenvalue weighted by atomic mass is 10.0. The predicted octanol–water partition coefficient (Wildman–Crippen LogP) is 2.78. The Bertz CT molecular complexity index is 720. The standard InChI is InChI=1S/C17H19N3O2S/c1-17(12-5-4-6-15(11-12)22-3)18-16(23)20(19-17)13-7-9-14(21-2)10-8-13/h4-11,19H,1-3H3,(H,18,23)/t17-/m0/s1. The van der Waals surface area contributed by atoms with Crippen LogP contribution in [0.1, 0.15) is 12.5 Å². The molecule has 23 heavy (non-hydrogen) atoms. The molecule has 0 saturated carbocycles. The summed E-state index contributed by atoms with van der Waals surface area (Å²) in [5, 5.41) is 5.80. The van der Waals surface area contributed by atoms with Crippen LogP contribution in [0.15, 0.2) is 48.5 Å². The van der Waals surface area contributed by atoms with Crippen molar-refractivity contribution in [2.45, 2.75) is 12.6 Å². The molecule has 0 aromatic heterocycles. The lowest BCUT2D eigenvalue weighted by Gasteiger charge is -2.26. The highest BCUT2D eigenvalue weighted by Crippen LogP contribution is 2.29. The monoisotopic (exact) mass is 329 g/mol. The van der Waals surface area contributed by atoms with Gasteiger partial charge in [0.2, 0.25) is 0 Å². The van der Waals surface area contributed by atoms with E-state index < -0.39 is 5.66 Å². The second-order valence-corrected chi connectivity index (χ2v) is 5.82. The molecule has 2 aromatic carbocycles. The maximum Gasteiger partial charge on any atom is 0.190 e. The minimum Gasteiger partial charge on any atom is -0.497 e. The van der Waals surface area contributed by atoms with Crippen molar-refractivity contribution in [3.05, 3.63) is 54.1 Å². The number of nitrogens with one attached hydrogen (secondary N) is 2. The van der Waals surface area contributed by atoms with E-state index in [4.69, 9.17) is 21.7 Å². The van der Waals surface area contributed by atoms with E-state index in [0.717, 1.165) is 22.7 Å². The van der Waals surface area contributed by atoms with Gasteiger partial charge in [-0.1, -0.05) is 12.1 Å². The summed E-state index contributed by atoms with van der Waals surface area (Å²) in [6.07, 6.45) is 0. The number of hydrogen-bond donors (Lipinski definition) is 2. The van der Waals surface area contributed by atoms with Crippen molar-refractivity contribution in [3.63, 3.8) is 0 Å². The summed E-state index contributed by atoms with van der Waals surface area (Å²) in [6.45, 7) is 2.04. The van der Waals surface area contributed by atoms with E-state index in [2.05, 4.69) is 10.7 Å². The fourth-order valence-corrected chi connectivity index (χ4v) is 2.91. The van der Waals surface area contributed by atoms with E-state index in [9.17, 15) is 0 Å². The van der Waals surface area contributed by atoms with Crippen LogP contribution >= 0.6 is 12.2 Å². The molecule has 120 valence electrons. The lowest BCUT2D eigenvalue weighted by Crippen LogP contribution is -2.45. The smallest absolute Gasteiger partial charge is 0.190 e.